The Kier molecular flexibility index (Phi) is 3.20. The maximum Gasteiger partial charge on any atom is 0.277 e. The summed E-state index contributed by atoms with van der Waals surface area (Å²) in [6.07, 6.45) is 4.37. The number of benzene rings is 1. The third-order valence-electron chi connectivity index (χ3n) is 3.78. The standard InChI is InChI=1S/C17H13N3OS/c21-17(20-10-7-12-3-1-2-4-15(12)20)14-11-22-16(19-14)13-5-8-18-9-6-13/h1-6,8-9,11H,7,10H2. The topological polar surface area (TPSA) is 46.1 Å². The number of fused-ring (bicyclic) bond motifs is 1. The van der Waals surface area contributed by atoms with Gasteiger partial charge in [-0.15, -0.1) is 11.3 Å². The molecule has 2 aromatic heterocycles. The van der Waals surface area contributed by atoms with Crippen molar-refractivity contribution in [2.45, 2.75) is 6.42 Å². The quantitative estimate of drug-likeness (QED) is 0.729. The molecule has 0 aliphatic carbocycles. The first kappa shape index (κ1) is 13.2. The first-order chi connectivity index (χ1) is 10.8. The van der Waals surface area contributed by atoms with Crippen molar-refractivity contribution in [3.05, 3.63) is 65.4 Å². The van der Waals surface area contributed by atoms with Crippen LogP contribution >= 0.6 is 11.3 Å². The van der Waals surface area contributed by atoms with Crippen molar-refractivity contribution in [3.8, 4) is 10.6 Å². The second-order valence-electron chi connectivity index (χ2n) is 5.11. The van der Waals surface area contributed by atoms with Crippen LogP contribution in [0.25, 0.3) is 10.6 Å². The highest BCUT2D eigenvalue weighted by Crippen LogP contribution is 2.30. The summed E-state index contributed by atoms with van der Waals surface area (Å²) in [5.74, 6) is -0.0264. The van der Waals surface area contributed by atoms with E-state index in [1.165, 1.54) is 16.9 Å². The lowest BCUT2D eigenvalue weighted by atomic mass is 10.2. The maximum atomic E-state index is 12.7. The predicted octanol–water partition coefficient (Wildman–Crippen LogP) is 3.41. The predicted molar refractivity (Wildman–Crippen MR) is 87.2 cm³/mol. The molecule has 3 heterocycles. The largest absolute Gasteiger partial charge is 0.306 e. The summed E-state index contributed by atoms with van der Waals surface area (Å²) in [5.41, 5.74) is 3.72. The van der Waals surface area contributed by atoms with Crippen LogP contribution in [0, 0.1) is 0 Å². The van der Waals surface area contributed by atoms with Gasteiger partial charge in [-0.1, -0.05) is 18.2 Å². The van der Waals surface area contributed by atoms with Gasteiger partial charge in [0.25, 0.3) is 5.91 Å². The van der Waals surface area contributed by atoms with Gasteiger partial charge in [0.1, 0.15) is 10.7 Å². The fraction of sp³-hybridized carbons (Fsp3) is 0.118. The number of carbonyl (C=O) groups excluding carboxylic acids is 1. The molecule has 5 heteroatoms. The highest BCUT2D eigenvalue weighted by atomic mass is 32.1. The molecule has 3 aromatic rings. The molecule has 0 bridgehead atoms. The minimum absolute atomic E-state index is 0.0264. The fourth-order valence-corrected chi connectivity index (χ4v) is 3.49. The Morgan fingerprint density at radius 2 is 1.95 bits per heavy atom. The van der Waals surface area contributed by atoms with Gasteiger partial charge in [-0.25, -0.2) is 4.98 Å². The minimum Gasteiger partial charge on any atom is -0.306 e. The van der Waals surface area contributed by atoms with Crippen molar-refractivity contribution in [2.75, 3.05) is 11.4 Å². The molecule has 4 rings (SSSR count). The molecule has 0 unspecified atom stereocenters. The molecule has 108 valence electrons. The molecule has 0 saturated heterocycles. The summed E-state index contributed by atoms with van der Waals surface area (Å²) in [7, 11) is 0. The molecule has 0 atom stereocenters. The van der Waals surface area contributed by atoms with Crippen molar-refractivity contribution < 1.29 is 4.79 Å². The van der Waals surface area contributed by atoms with E-state index in [1.807, 2.05) is 40.6 Å². The van der Waals surface area contributed by atoms with E-state index in [1.54, 1.807) is 12.4 Å². The summed E-state index contributed by atoms with van der Waals surface area (Å²) >= 11 is 1.48. The van der Waals surface area contributed by atoms with Gasteiger partial charge in [-0.2, -0.15) is 0 Å². The van der Waals surface area contributed by atoms with Crippen molar-refractivity contribution >= 4 is 22.9 Å². The molecule has 0 radical (unpaired) electrons. The van der Waals surface area contributed by atoms with E-state index >= 15 is 0 Å². The summed E-state index contributed by atoms with van der Waals surface area (Å²) in [5, 5.41) is 2.68. The second-order valence-corrected chi connectivity index (χ2v) is 5.97. The van der Waals surface area contributed by atoms with Gasteiger partial charge in [-0.3, -0.25) is 9.78 Å². The van der Waals surface area contributed by atoms with Gasteiger partial charge in [0.15, 0.2) is 0 Å². The maximum absolute atomic E-state index is 12.7. The van der Waals surface area contributed by atoms with E-state index in [0.29, 0.717) is 5.69 Å². The van der Waals surface area contributed by atoms with E-state index in [9.17, 15) is 4.79 Å². The average molecular weight is 307 g/mol. The second kappa shape index (κ2) is 5.35. The lowest BCUT2D eigenvalue weighted by Gasteiger charge is -2.15. The highest BCUT2D eigenvalue weighted by Gasteiger charge is 2.26. The number of pyridine rings is 1. The Labute approximate surface area is 132 Å². The smallest absolute Gasteiger partial charge is 0.277 e. The summed E-state index contributed by atoms with van der Waals surface area (Å²) < 4.78 is 0. The molecule has 0 fully saturated rings. The van der Waals surface area contributed by atoms with E-state index in [4.69, 9.17) is 0 Å². The first-order valence-corrected chi connectivity index (χ1v) is 7.96. The number of rotatable bonds is 2. The number of hydrogen-bond donors (Lipinski definition) is 0. The van der Waals surface area contributed by atoms with E-state index in [0.717, 1.165) is 29.2 Å². The number of hydrogen-bond acceptors (Lipinski definition) is 4. The lowest BCUT2D eigenvalue weighted by Crippen LogP contribution is -2.29. The zero-order valence-corrected chi connectivity index (χ0v) is 12.6. The van der Waals surface area contributed by atoms with Crippen LogP contribution in [0.4, 0.5) is 5.69 Å². The van der Waals surface area contributed by atoms with Crippen LogP contribution < -0.4 is 4.90 Å². The average Bonchev–Trinajstić information content (AvgIpc) is 3.22. The van der Waals surface area contributed by atoms with Crippen LogP contribution in [-0.2, 0) is 6.42 Å². The monoisotopic (exact) mass is 307 g/mol. The molecule has 1 aliphatic heterocycles. The highest BCUT2D eigenvalue weighted by molar-refractivity contribution is 7.13. The van der Waals surface area contributed by atoms with Gasteiger partial charge in [0.2, 0.25) is 0 Å². The Hall–Kier alpha value is -2.53. The Morgan fingerprint density at radius 1 is 1.14 bits per heavy atom. The number of carbonyl (C=O) groups is 1. The number of nitrogens with zero attached hydrogens (tertiary/aromatic N) is 3. The van der Waals surface area contributed by atoms with Crippen LogP contribution in [0.5, 0.6) is 0 Å². The van der Waals surface area contributed by atoms with Crippen LogP contribution in [0.2, 0.25) is 0 Å². The van der Waals surface area contributed by atoms with Crippen molar-refractivity contribution in [3.63, 3.8) is 0 Å². The third kappa shape index (κ3) is 2.19. The first-order valence-electron chi connectivity index (χ1n) is 7.08. The van der Waals surface area contributed by atoms with Gasteiger partial charge < -0.3 is 4.90 Å². The van der Waals surface area contributed by atoms with E-state index in [-0.39, 0.29) is 5.91 Å². The molecular weight excluding hydrogens is 294 g/mol. The number of anilines is 1. The summed E-state index contributed by atoms with van der Waals surface area (Å²) in [6.45, 7) is 0.723. The van der Waals surface area contributed by atoms with Crippen LogP contribution in [0.15, 0.2) is 54.2 Å². The van der Waals surface area contributed by atoms with Crippen molar-refractivity contribution in [1.29, 1.82) is 0 Å². The zero-order valence-electron chi connectivity index (χ0n) is 11.8. The van der Waals surface area contributed by atoms with Gasteiger partial charge in [-0.05, 0) is 30.2 Å². The lowest BCUT2D eigenvalue weighted by molar-refractivity contribution is 0.0985. The molecule has 4 nitrogen and oxygen atoms in total. The fourth-order valence-electron chi connectivity index (χ4n) is 2.69. The van der Waals surface area contributed by atoms with Crippen LogP contribution in [-0.4, -0.2) is 22.4 Å². The molecule has 22 heavy (non-hydrogen) atoms. The Balaban J connectivity index is 1.64. The van der Waals surface area contributed by atoms with Crippen molar-refractivity contribution in [1.82, 2.24) is 9.97 Å². The van der Waals surface area contributed by atoms with E-state index in [2.05, 4.69) is 16.0 Å². The molecule has 1 aliphatic rings. The molecule has 1 amide bonds. The summed E-state index contributed by atoms with van der Waals surface area (Å²) in [6, 6.07) is 11.9. The van der Waals surface area contributed by atoms with Gasteiger partial charge in [0.05, 0.1) is 0 Å². The molecule has 0 N–H and O–H groups in total. The normalized spacial score (nSPS) is 13.2. The number of amides is 1. The number of para-hydroxylation sites is 1. The van der Waals surface area contributed by atoms with Gasteiger partial charge in [0, 0.05) is 35.6 Å². The molecular formula is C17H13N3OS. The van der Waals surface area contributed by atoms with Gasteiger partial charge >= 0.3 is 0 Å². The van der Waals surface area contributed by atoms with Crippen LogP contribution in [0.3, 0.4) is 0 Å². The van der Waals surface area contributed by atoms with E-state index < -0.39 is 0 Å². The number of aromatic nitrogens is 2. The molecule has 1 aromatic carbocycles. The SMILES string of the molecule is O=C(c1csc(-c2ccncc2)n1)N1CCc2ccccc21. The summed E-state index contributed by atoms with van der Waals surface area (Å²) in [4.78, 5) is 23.0. The molecule has 0 spiro atoms. The Bertz CT molecular complexity index is 829. The number of thiazole rings is 1. The third-order valence-corrected chi connectivity index (χ3v) is 4.67. The van der Waals surface area contributed by atoms with Crippen molar-refractivity contribution in [2.24, 2.45) is 0 Å². The zero-order chi connectivity index (χ0) is 14.9. The Morgan fingerprint density at radius 3 is 2.82 bits per heavy atom. The molecule has 0 saturated carbocycles. The van der Waals surface area contributed by atoms with Crippen LogP contribution in [0.1, 0.15) is 16.1 Å². The minimum atomic E-state index is -0.0264.